The summed E-state index contributed by atoms with van der Waals surface area (Å²) in [6, 6.07) is 12.1. The van der Waals surface area contributed by atoms with Gasteiger partial charge in [-0.25, -0.2) is 9.59 Å². The lowest BCUT2D eigenvalue weighted by Gasteiger charge is -2.33. The van der Waals surface area contributed by atoms with Crippen molar-refractivity contribution in [2.75, 3.05) is 14.2 Å². The second kappa shape index (κ2) is 13.6. The van der Waals surface area contributed by atoms with Gasteiger partial charge in [-0.05, 0) is 19.3 Å². The Labute approximate surface area is 232 Å². The minimum absolute atomic E-state index is 0.112. The van der Waals surface area contributed by atoms with Crippen LogP contribution < -0.4 is 0 Å². The van der Waals surface area contributed by atoms with E-state index < -0.39 is 58.8 Å². The van der Waals surface area contributed by atoms with Crippen molar-refractivity contribution in [2.45, 2.75) is 55.0 Å². The molecule has 220 valence electrons. The Kier molecular flexibility index (Phi) is 11.0. The molecule has 41 heavy (non-hydrogen) atoms. The van der Waals surface area contributed by atoms with Crippen LogP contribution in [0.2, 0.25) is 0 Å². The van der Waals surface area contributed by atoms with Crippen LogP contribution in [-0.4, -0.2) is 50.7 Å². The van der Waals surface area contributed by atoms with Gasteiger partial charge in [-0.15, -0.1) is 12.8 Å². The minimum Gasteiger partial charge on any atom is -0.447 e. The predicted molar refractivity (Wildman–Crippen MR) is 134 cm³/mol. The molecule has 6 nitrogen and oxygen atoms in total. The number of hydrogen-bond donors (Lipinski definition) is 0. The van der Waals surface area contributed by atoms with Gasteiger partial charge in [-0.3, -0.25) is 0 Å². The van der Waals surface area contributed by atoms with Gasteiger partial charge in [-0.1, -0.05) is 72.5 Å². The molecule has 2 aromatic carbocycles. The van der Waals surface area contributed by atoms with E-state index in [2.05, 4.69) is 9.47 Å². The quantitative estimate of drug-likeness (QED) is 0.188. The van der Waals surface area contributed by atoms with Gasteiger partial charge in [0, 0.05) is 25.3 Å². The molecule has 4 atom stereocenters. The van der Waals surface area contributed by atoms with E-state index in [1.807, 2.05) is 11.8 Å². The van der Waals surface area contributed by atoms with E-state index >= 15 is 0 Å². The maximum absolute atomic E-state index is 14.1. The lowest BCUT2D eigenvalue weighted by molar-refractivity contribution is -0.278. The first-order valence-electron chi connectivity index (χ1n) is 11.9. The van der Waals surface area contributed by atoms with Gasteiger partial charge in [0.15, 0.2) is 12.2 Å². The molecule has 0 fully saturated rings. The molecule has 0 N–H and O–H groups in total. The summed E-state index contributed by atoms with van der Waals surface area (Å²) in [6.45, 7) is 0. The number of methoxy groups -OCH3 is 2. The molecule has 0 heterocycles. The van der Waals surface area contributed by atoms with E-state index in [1.54, 1.807) is 0 Å². The summed E-state index contributed by atoms with van der Waals surface area (Å²) in [7, 11) is 1.38. The van der Waals surface area contributed by atoms with E-state index in [4.69, 9.17) is 22.3 Å². The monoisotopic (exact) mass is 584 g/mol. The molecule has 0 amide bonds. The number of rotatable bonds is 12. The van der Waals surface area contributed by atoms with Gasteiger partial charge in [-0.2, -0.15) is 26.3 Å². The van der Waals surface area contributed by atoms with Crippen LogP contribution in [0.4, 0.5) is 26.3 Å². The minimum atomic E-state index is -5.23. The molecule has 12 heteroatoms. The number of alkyl halides is 6. The molecule has 0 aliphatic rings. The van der Waals surface area contributed by atoms with Crippen LogP contribution in [0.5, 0.6) is 0 Å². The average molecular weight is 585 g/mol. The molecule has 2 aromatic rings. The van der Waals surface area contributed by atoms with Crippen LogP contribution in [0, 0.1) is 24.7 Å². The van der Waals surface area contributed by atoms with Crippen molar-refractivity contribution in [1.82, 2.24) is 0 Å². The van der Waals surface area contributed by atoms with E-state index in [0.29, 0.717) is 14.2 Å². The topological polar surface area (TPSA) is 71.1 Å². The summed E-state index contributed by atoms with van der Waals surface area (Å²) in [6.07, 6.45) is -3.40. The molecule has 0 bridgehead atoms. The van der Waals surface area contributed by atoms with Crippen molar-refractivity contribution < 1.29 is 54.9 Å². The Bertz CT molecular complexity index is 1150. The first kappa shape index (κ1) is 33.2. The van der Waals surface area contributed by atoms with Gasteiger partial charge in [0.05, 0.1) is 0 Å². The van der Waals surface area contributed by atoms with E-state index in [1.165, 1.54) is 36.4 Å². The Hall–Kier alpha value is -4.00. The molecule has 2 rings (SSSR count). The Morgan fingerprint density at radius 2 is 1.00 bits per heavy atom. The summed E-state index contributed by atoms with van der Waals surface area (Å²) >= 11 is 0. The predicted octanol–water partition coefficient (Wildman–Crippen LogP) is 5.46. The van der Waals surface area contributed by atoms with Crippen LogP contribution in [0.1, 0.15) is 30.4 Å². The summed E-state index contributed by atoms with van der Waals surface area (Å²) < 4.78 is 104. The van der Waals surface area contributed by atoms with E-state index in [0.717, 1.165) is 24.3 Å². The largest absolute Gasteiger partial charge is 0.447 e. The van der Waals surface area contributed by atoms with Gasteiger partial charge in [0.2, 0.25) is 0 Å². The van der Waals surface area contributed by atoms with Crippen molar-refractivity contribution in [3.63, 3.8) is 0 Å². The highest BCUT2D eigenvalue weighted by Gasteiger charge is 2.65. The number of ether oxygens (including phenoxy) is 4. The Balaban J connectivity index is 2.16. The molecule has 0 saturated carbocycles. The number of benzene rings is 2. The second-order valence-corrected chi connectivity index (χ2v) is 8.55. The third-order valence-electron chi connectivity index (χ3n) is 6.15. The summed E-state index contributed by atoms with van der Waals surface area (Å²) in [5.41, 5.74) is -8.03. The zero-order chi connectivity index (χ0) is 30.9. The van der Waals surface area contributed by atoms with Crippen molar-refractivity contribution in [3.8, 4) is 24.7 Å². The molecular formula is C29H26F6O6. The van der Waals surface area contributed by atoms with Crippen LogP contribution in [0.3, 0.4) is 0 Å². The van der Waals surface area contributed by atoms with Gasteiger partial charge in [0.25, 0.3) is 11.2 Å². The van der Waals surface area contributed by atoms with E-state index in [9.17, 15) is 35.9 Å². The summed E-state index contributed by atoms with van der Waals surface area (Å²) in [4.78, 5) is 25.6. The van der Waals surface area contributed by atoms with Gasteiger partial charge in [0.1, 0.15) is 0 Å². The molecule has 0 aliphatic heterocycles. The van der Waals surface area contributed by atoms with E-state index in [-0.39, 0.29) is 19.3 Å². The highest BCUT2D eigenvalue weighted by atomic mass is 19.4. The van der Waals surface area contributed by atoms with Crippen LogP contribution in [0.25, 0.3) is 0 Å². The van der Waals surface area contributed by atoms with Crippen molar-refractivity contribution in [1.29, 1.82) is 0 Å². The fourth-order valence-electron chi connectivity index (χ4n) is 4.04. The number of carbonyl (C=O) groups excluding carboxylic acids is 2. The molecule has 0 spiro atoms. The average Bonchev–Trinajstić information content (AvgIpc) is 2.92. The third kappa shape index (κ3) is 6.84. The standard InChI is InChI=1S/C29H26F6O6/c1-5-22(40-24(36)26(38-3,28(30,31)32)20-14-9-7-10-15-20)18-13-19-23(6-2)41-25(37)27(39-4,29(33,34)35)21-16-11-8-12-17-21/h1-2,7-12,14-17,22-23H,13,18-19H2,3-4H3/t22-,23+,26-,27-/m0/s1. The Morgan fingerprint density at radius 1 is 0.683 bits per heavy atom. The SMILES string of the molecule is C#C[C@H](CCC[C@H](C#C)OC(=O)[C@@](OC)(c1ccccc1)C(F)(F)F)OC(=O)[C@@](OC)(c1ccccc1)C(F)(F)F. The first-order chi connectivity index (χ1) is 19.2. The molecule has 0 unspecified atom stereocenters. The second-order valence-electron chi connectivity index (χ2n) is 8.55. The zero-order valence-electron chi connectivity index (χ0n) is 21.9. The zero-order valence-corrected chi connectivity index (χ0v) is 21.9. The number of esters is 2. The smallest absolute Gasteiger partial charge is 0.432 e. The summed E-state index contributed by atoms with van der Waals surface area (Å²) in [5, 5.41) is 0. The third-order valence-corrected chi connectivity index (χ3v) is 6.15. The molecular weight excluding hydrogens is 558 g/mol. The number of carbonyl (C=O) groups is 2. The van der Waals surface area contributed by atoms with Crippen molar-refractivity contribution in [2.24, 2.45) is 0 Å². The maximum atomic E-state index is 14.1. The molecule has 0 aromatic heterocycles. The number of halogens is 6. The number of terminal acetylenes is 2. The highest BCUT2D eigenvalue weighted by Crippen LogP contribution is 2.44. The van der Waals surface area contributed by atoms with Crippen LogP contribution in [-0.2, 0) is 39.7 Å². The Morgan fingerprint density at radius 3 is 1.24 bits per heavy atom. The fourth-order valence-corrected chi connectivity index (χ4v) is 4.04. The molecule has 0 aliphatic carbocycles. The number of hydrogen-bond acceptors (Lipinski definition) is 6. The van der Waals surface area contributed by atoms with Crippen LogP contribution in [0.15, 0.2) is 60.7 Å². The van der Waals surface area contributed by atoms with Gasteiger partial charge >= 0.3 is 24.3 Å². The lowest BCUT2D eigenvalue weighted by atomic mass is 9.92. The fraction of sp³-hybridized carbons (Fsp3) is 0.379. The first-order valence-corrected chi connectivity index (χ1v) is 11.9. The molecule has 0 radical (unpaired) electrons. The van der Waals surface area contributed by atoms with Gasteiger partial charge < -0.3 is 18.9 Å². The lowest BCUT2D eigenvalue weighted by Crippen LogP contribution is -2.52. The highest BCUT2D eigenvalue weighted by molar-refractivity contribution is 5.83. The summed E-state index contributed by atoms with van der Waals surface area (Å²) in [5.74, 6) is 0.451. The van der Waals surface area contributed by atoms with Crippen LogP contribution >= 0.6 is 0 Å². The maximum Gasteiger partial charge on any atom is 0.432 e. The van der Waals surface area contributed by atoms with Crippen molar-refractivity contribution >= 4 is 11.9 Å². The normalized spacial score (nSPS) is 16.1. The van der Waals surface area contributed by atoms with Crippen molar-refractivity contribution in [3.05, 3.63) is 71.8 Å². The molecule has 0 saturated heterocycles.